The van der Waals surface area contributed by atoms with Gasteiger partial charge in [-0.25, -0.2) is 4.79 Å². The summed E-state index contributed by atoms with van der Waals surface area (Å²) in [5.41, 5.74) is 12.9. The summed E-state index contributed by atoms with van der Waals surface area (Å²) in [7, 11) is 1.27. The quantitative estimate of drug-likeness (QED) is 0.0273. The second-order valence-electron chi connectivity index (χ2n) is 11.0. The second-order valence-corrected chi connectivity index (χ2v) is 11.0. The first kappa shape index (κ1) is 40.4. The summed E-state index contributed by atoms with van der Waals surface area (Å²) in [5.74, 6) is -1.27. The van der Waals surface area contributed by atoms with Crippen LogP contribution in [0.5, 0.6) is 5.75 Å². The summed E-state index contributed by atoms with van der Waals surface area (Å²) in [4.78, 5) is 54.6. The van der Waals surface area contributed by atoms with E-state index in [-0.39, 0.29) is 31.2 Å². The standard InChI is InChI=1S/C34H48N6O6.ClH/c1-4-22-46-27-19-17-26(18-20-27)23-30(38-24(2)41)32(43)39-28(15-10-11-21-37-34(35)36)31(42)40-29(33(44)45-3)16-9-8-14-25-12-6-5-7-13-25;/h4-7,12-13,17-20,28-30H,1,8-11,14-16,21-23H2,2-3H3,(H,38,41)(H,39,43)(H,40,42)(H4,35,36,37);1H/t28-,29-,30-;/m0./s1. The average molecular weight is 673 g/mol. The van der Waals surface area contributed by atoms with Gasteiger partial charge >= 0.3 is 11.9 Å². The van der Waals surface area contributed by atoms with Gasteiger partial charge in [-0.1, -0.05) is 61.5 Å². The van der Waals surface area contributed by atoms with Gasteiger partial charge in [-0.3, -0.25) is 30.8 Å². The monoisotopic (exact) mass is 672 g/mol. The number of halogens is 1. The van der Waals surface area contributed by atoms with E-state index in [0.717, 1.165) is 18.4 Å². The molecule has 47 heavy (non-hydrogen) atoms. The van der Waals surface area contributed by atoms with Crippen LogP contribution in [0.1, 0.15) is 56.6 Å². The van der Waals surface area contributed by atoms with Crippen LogP contribution in [0.25, 0.3) is 0 Å². The molecule has 3 amide bonds. The number of nitrogens with two attached hydrogens (primary N) is 2. The summed E-state index contributed by atoms with van der Waals surface area (Å²) < 4.78 is 10.5. The van der Waals surface area contributed by atoms with Gasteiger partial charge < -0.3 is 37.8 Å². The predicted molar refractivity (Wildman–Crippen MR) is 176 cm³/mol. The molecule has 0 saturated carbocycles. The molecule has 8 N–H and O–H groups in total. The number of rotatable bonds is 21. The van der Waals surface area contributed by atoms with E-state index in [1.165, 1.54) is 19.6 Å². The van der Waals surface area contributed by atoms with Crippen LogP contribution in [-0.2, 0) is 36.8 Å². The molecule has 0 unspecified atom stereocenters. The van der Waals surface area contributed by atoms with Crippen LogP contribution in [0, 0.1) is 0 Å². The lowest BCUT2D eigenvalue weighted by Gasteiger charge is -2.25. The van der Waals surface area contributed by atoms with Crippen LogP contribution in [0.3, 0.4) is 0 Å². The van der Waals surface area contributed by atoms with E-state index in [2.05, 4.69) is 27.5 Å². The van der Waals surface area contributed by atoms with Crippen molar-refractivity contribution >= 4 is 29.7 Å². The second kappa shape index (κ2) is 22.8. The van der Waals surface area contributed by atoms with E-state index in [4.69, 9.17) is 20.9 Å². The molecule has 2 rings (SSSR count). The number of carbonyl (C=O) groups excluding carboxylic acids is 4. The third kappa shape index (κ3) is 16.5. The molecular weight excluding hydrogens is 624 g/mol. The molecule has 0 aromatic heterocycles. The van der Waals surface area contributed by atoms with Gasteiger partial charge in [0.2, 0.25) is 17.7 Å². The predicted octanol–water partition coefficient (Wildman–Crippen LogP) is -2.62. The van der Waals surface area contributed by atoms with Crippen molar-refractivity contribution in [1.82, 2.24) is 16.0 Å². The SMILES string of the molecule is C=CCOc1ccc(C[C@H](NC(C)=O)C(=O)N[C@@H](CCCC[NH+]=C(N)N)C(=O)N[C@@H](CCCCc2ccccc2)C(=O)OC)cc1.[Cl-]. The molecule has 0 aliphatic carbocycles. The van der Waals surface area contributed by atoms with Crippen LogP contribution in [0.2, 0.25) is 0 Å². The topological polar surface area (TPSA) is 189 Å². The Bertz CT molecular complexity index is 1290. The number of amides is 3. The van der Waals surface area contributed by atoms with Crippen molar-refractivity contribution in [3.05, 3.63) is 78.4 Å². The van der Waals surface area contributed by atoms with Crippen LogP contribution in [0.4, 0.5) is 0 Å². The molecule has 3 atom stereocenters. The maximum Gasteiger partial charge on any atom is 0.338 e. The molecule has 0 aliphatic rings. The molecule has 0 spiro atoms. The number of methoxy groups -OCH3 is 1. The van der Waals surface area contributed by atoms with Crippen molar-refractivity contribution in [3.63, 3.8) is 0 Å². The Kier molecular flexibility index (Phi) is 19.7. The fraction of sp³-hybridized carbons (Fsp3) is 0.441. The summed E-state index contributed by atoms with van der Waals surface area (Å²) >= 11 is 0. The Morgan fingerprint density at radius 2 is 1.45 bits per heavy atom. The van der Waals surface area contributed by atoms with Crippen LogP contribution >= 0.6 is 0 Å². The van der Waals surface area contributed by atoms with E-state index in [1.54, 1.807) is 30.3 Å². The number of benzene rings is 2. The van der Waals surface area contributed by atoms with E-state index in [9.17, 15) is 19.2 Å². The Morgan fingerprint density at radius 1 is 0.830 bits per heavy atom. The Hall–Kier alpha value is -4.58. The molecule has 0 saturated heterocycles. The highest BCUT2D eigenvalue weighted by atomic mass is 35.5. The third-order valence-corrected chi connectivity index (χ3v) is 7.16. The molecule has 12 nitrogen and oxygen atoms in total. The number of guanidine groups is 1. The number of hydrogen-bond donors (Lipinski definition) is 6. The normalized spacial score (nSPS) is 12.2. The van der Waals surface area contributed by atoms with Gasteiger partial charge in [0, 0.05) is 13.3 Å². The first-order valence-corrected chi connectivity index (χ1v) is 15.6. The molecule has 13 heteroatoms. The van der Waals surface area contributed by atoms with Crippen molar-refractivity contribution in [2.45, 2.75) is 76.4 Å². The van der Waals surface area contributed by atoms with E-state index >= 15 is 0 Å². The lowest BCUT2D eigenvalue weighted by atomic mass is 10.0. The molecule has 0 heterocycles. The zero-order chi connectivity index (χ0) is 33.7. The molecule has 0 bridgehead atoms. The molecule has 258 valence electrons. The lowest BCUT2D eigenvalue weighted by Crippen LogP contribution is -3.00. The summed E-state index contributed by atoms with van der Waals surface area (Å²) in [6, 6.07) is 14.3. The minimum atomic E-state index is -0.978. The van der Waals surface area contributed by atoms with Gasteiger partial charge in [-0.15, -0.1) is 0 Å². The number of ether oxygens (including phenoxy) is 2. The van der Waals surface area contributed by atoms with Gasteiger partial charge in [0.05, 0.1) is 13.7 Å². The van der Waals surface area contributed by atoms with Gasteiger partial charge in [0.25, 0.3) is 0 Å². The van der Waals surface area contributed by atoms with Crippen LogP contribution in [0.15, 0.2) is 67.3 Å². The van der Waals surface area contributed by atoms with Gasteiger partial charge in [0.15, 0.2) is 0 Å². The molecule has 0 fully saturated rings. The van der Waals surface area contributed by atoms with Gasteiger partial charge in [-0.2, -0.15) is 0 Å². The first-order valence-electron chi connectivity index (χ1n) is 15.6. The number of nitrogens with one attached hydrogen (secondary N) is 4. The smallest absolute Gasteiger partial charge is 0.338 e. The largest absolute Gasteiger partial charge is 1.00 e. The van der Waals surface area contributed by atoms with E-state index in [1.807, 2.05) is 30.3 Å². The van der Waals surface area contributed by atoms with Gasteiger partial charge in [0.1, 0.15) is 30.5 Å². The minimum Gasteiger partial charge on any atom is -1.00 e. The fourth-order valence-electron chi connectivity index (χ4n) is 4.80. The fourth-order valence-corrected chi connectivity index (χ4v) is 4.80. The molecule has 2 aromatic carbocycles. The molecule has 0 radical (unpaired) electrons. The maximum absolute atomic E-state index is 13.6. The zero-order valence-corrected chi connectivity index (χ0v) is 28.0. The Balaban J connectivity index is 0.0000110. The number of hydrogen-bond acceptors (Lipinski definition) is 6. The number of aryl methyl sites for hydroxylation is 1. The highest BCUT2D eigenvalue weighted by molar-refractivity contribution is 5.93. The number of unbranched alkanes of at least 4 members (excludes halogenated alkanes) is 2. The molecule has 0 aliphatic heterocycles. The van der Waals surface area contributed by atoms with Crippen molar-refractivity contribution in [2.24, 2.45) is 11.5 Å². The van der Waals surface area contributed by atoms with E-state index < -0.39 is 41.8 Å². The van der Waals surface area contributed by atoms with Crippen LogP contribution < -0.4 is 49.6 Å². The number of carbonyl (C=O) groups is 4. The van der Waals surface area contributed by atoms with Crippen molar-refractivity contribution in [2.75, 3.05) is 20.3 Å². The van der Waals surface area contributed by atoms with Gasteiger partial charge in [-0.05, 0) is 61.8 Å². The van der Waals surface area contributed by atoms with E-state index in [0.29, 0.717) is 44.6 Å². The minimum absolute atomic E-state index is 0. The van der Waals surface area contributed by atoms with Crippen molar-refractivity contribution in [1.29, 1.82) is 0 Å². The summed E-state index contributed by atoms with van der Waals surface area (Å²) in [6.45, 7) is 5.80. The van der Waals surface area contributed by atoms with Crippen molar-refractivity contribution < 1.29 is 46.1 Å². The Labute approximate surface area is 283 Å². The highest BCUT2D eigenvalue weighted by Crippen LogP contribution is 2.15. The zero-order valence-electron chi connectivity index (χ0n) is 27.3. The van der Waals surface area contributed by atoms with Crippen molar-refractivity contribution in [3.8, 4) is 5.75 Å². The lowest BCUT2D eigenvalue weighted by molar-refractivity contribution is -0.459. The first-order chi connectivity index (χ1) is 22.1. The average Bonchev–Trinajstić information content (AvgIpc) is 3.04. The third-order valence-electron chi connectivity index (χ3n) is 7.16. The highest BCUT2D eigenvalue weighted by Gasteiger charge is 2.29. The maximum atomic E-state index is 13.6. The summed E-state index contributed by atoms with van der Waals surface area (Å²) in [5, 5.41) is 8.28. The number of esters is 1. The van der Waals surface area contributed by atoms with Crippen LogP contribution in [-0.4, -0.2) is 68.0 Å². The summed E-state index contributed by atoms with van der Waals surface area (Å²) in [6.07, 6.45) is 5.97. The molecular formula is C34H49ClN6O6. The Morgan fingerprint density at radius 3 is 2.06 bits per heavy atom. The molecule has 2 aromatic rings.